The number of allylic oxidation sites excluding steroid dienone is 5. The average Bonchev–Trinajstić information content (AvgIpc) is 2.82. The van der Waals surface area contributed by atoms with Crippen molar-refractivity contribution in [1.29, 1.82) is 0 Å². The summed E-state index contributed by atoms with van der Waals surface area (Å²) in [4.78, 5) is 4.28. The molecule has 2 aromatic rings. The van der Waals surface area contributed by atoms with Crippen molar-refractivity contribution in [2.45, 2.75) is 6.92 Å². The van der Waals surface area contributed by atoms with Crippen LogP contribution in [0, 0.1) is 0 Å². The first-order valence-corrected chi connectivity index (χ1v) is 7.13. The minimum absolute atomic E-state index is 0.539. The number of anilines is 2. The topological polar surface area (TPSA) is 91.0 Å². The molecule has 0 saturated carbocycles. The number of hydrogen-bond acceptors (Lipinski definition) is 5. The number of nitrogens with two attached hydrogens (primary N) is 3. The van der Waals surface area contributed by atoms with Crippen LogP contribution < -0.4 is 17.2 Å². The maximum atomic E-state index is 6.03. The quantitative estimate of drug-likeness (QED) is 0.595. The molecule has 1 heterocycles. The van der Waals surface area contributed by atoms with Crippen molar-refractivity contribution in [3.8, 4) is 0 Å². The van der Waals surface area contributed by atoms with Crippen LogP contribution in [0.5, 0.6) is 0 Å². The molecule has 0 amide bonds. The highest BCUT2D eigenvalue weighted by Gasteiger charge is 2.08. The van der Waals surface area contributed by atoms with Gasteiger partial charge in [0.25, 0.3) is 0 Å². The molecule has 21 heavy (non-hydrogen) atoms. The number of nitrogens with zero attached hydrogens (tertiary/aromatic N) is 1. The molecule has 0 aliphatic carbocycles. The van der Waals surface area contributed by atoms with Crippen LogP contribution in [0.4, 0.5) is 10.8 Å². The van der Waals surface area contributed by atoms with Gasteiger partial charge in [-0.05, 0) is 36.4 Å². The highest BCUT2D eigenvalue weighted by atomic mass is 32.1. The van der Waals surface area contributed by atoms with Crippen LogP contribution in [-0.4, -0.2) is 4.98 Å². The van der Waals surface area contributed by atoms with E-state index in [1.54, 1.807) is 6.08 Å². The molecule has 1 aromatic carbocycles. The highest BCUT2D eigenvalue weighted by molar-refractivity contribution is 7.22. The van der Waals surface area contributed by atoms with E-state index >= 15 is 0 Å². The van der Waals surface area contributed by atoms with Gasteiger partial charge < -0.3 is 17.2 Å². The van der Waals surface area contributed by atoms with Gasteiger partial charge in [-0.25, -0.2) is 4.98 Å². The number of thiazole rings is 1. The van der Waals surface area contributed by atoms with E-state index < -0.39 is 0 Å². The van der Waals surface area contributed by atoms with E-state index in [0.29, 0.717) is 10.8 Å². The molecule has 0 aliphatic heterocycles. The molecule has 110 valence electrons. The lowest BCUT2D eigenvalue weighted by Crippen LogP contribution is -1.89. The fourth-order valence-corrected chi connectivity index (χ4v) is 2.51. The molecule has 0 atom stereocenters. The zero-order chi connectivity index (χ0) is 15.8. The Morgan fingerprint density at radius 2 is 1.95 bits per heavy atom. The predicted molar refractivity (Wildman–Crippen MR) is 95.8 cm³/mol. The second-order valence-electron chi connectivity index (χ2n) is 4.04. The molecule has 0 fully saturated rings. The van der Waals surface area contributed by atoms with Crippen LogP contribution in [0.3, 0.4) is 0 Å². The van der Waals surface area contributed by atoms with E-state index in [-0.39, 0.29) is 0 Å². The minimum atomic E-state index is 0.539. The van der Waals surface area contributed by atoms with E-state index in [4.69, 9.17) is 11.5 Å². The van der Waals surface area contributed by atoms with Crippen molar-refractivity contribution in [2.75, 3.05) is 11.5 Å². The largest absolute Gasteiger partial charge is 0.405 e. The summed E-state index contributed by atoms with van der Waals surface area (Å²) in [6.07, 6.45) is 8.90. The summed E-state index contributed by atoms with van der Waals surface area (Å²) < 4.78 is 0.944. The third kappa shape index (κ3) is 4.22. The number of aromatic nitrogens is 1. The fraction of sp³-hybridized carbons (Fsp3) is 0.0625. The average molecular weight is 300 g/mol. The van der Waals surface area contributed by atoms with Gasteiger partial charge >= 0.3 is 0 Å². The Morgan fingerprint density at radius 3 is 2.52 bits per heavy atom. The first kappa shape index (κ1) is 16.5. The molecular weight excluding hydrogens is 280 g/mol. The van der Waals surface area contributed by atoms with E-state index in [2.05, 4.69) is 23.9 Å². The van der Waals surface area contributed by atoms with Crippen LogP contribution in [-0.2, 0) is 0 Å². The summed E-state index contributed by atoms with van der Waals surface area (Å²) in [7, 11) is 0. The molecule has 0 saturated heterocycles. The maximum Gasteiger partial charge on any atom is 0.181 e. The second kappa shape index (κ2) is 7.91. The van der Waals surface area contributed by atoms with Gasteiger partial charge in [-0.1, -0.05) is 48.8 Å². The van der Waals surface area contributed by atoms with Crippen LogP contribution in [0.2, 0.25) is 0 Å². The number of benzene rings is 1. The van der Waals surface area contributed by atoms with Crippen molar-refractivity contribution in [2.24, 2.45) is 5.73 Å². The summed E-state index contributed by atoms with van der Waals surface area (Å²) in [6, 6.07) is 3.95. The molecule has 0 bridgehead atoms. The summed E-state index contributed by atoms with van der Waals surface area (Å²) >= 11 is 1.41. The molecule has 5 heteroatoms. The molecule has 2 rings (SSSR count). The summed E-state index contributed by atoms with van der Waals surface area (Å²) in [5.74, 6) is 0. The van der Waals surface area contributed by atoms with Crippen molar-refractivity contribution in [1.82, 2.24) is 4.98 Å². The molecule has 6 N–H and O–H groups in total. The molecule has 0 unspecified atom stereocenters. The molecule has 0 aliphatic rings. The Labute approximate surface area is 129 Å². The smallest absolute Gasteiger partial charge is 0.181 e. The molecule has 1 aromatic heterocycles. The normalized spacial score (nSPS) is 11.2. The van der Waals surface area contributed by atoms with Gasteiger partial charge in [0.05, 0.1) is 15.9 Å². The number of fused-ring (bicyclic) bond motifs is 1. The van der Waals surface area contributed by atoms with Crippen molar-refractivity contribution in [3.05, 3.63) is 61.4 Å². The highest BCUT2D eigenvalue weighted by Crippen LogP contribution is 2.32. The van der Waals surface area contributed by atoms with Gasteiger partial charge in [0.2, 0.25) is 0 Å². The summed E-state index contributed by atoms with van der Waals surface area (Å²) in [5.41, 5.74) is 20.0. The predicted octanol–water partition coefficient (Wildman–Crippen LogP) is 3.69. The molecular formula is C16H20N4S. The van der Waals surface area contributed by atoms with Gasteiger partial charge in [0.15, 0.2) is 5.13 Å². The van der Waals surface area contributed by atoms with Gasteiger partial charge in [0, 0.05) is 0 Å². The van der Waals surface area contributed by atoms with Gasteiger partial charge in [-0.2, -0.15) is 0 Å². The van der Waals surface area contributed by atoms with Gasteiger partial charge in [-0.3, -0.25) is 0 Å². The Balaban J connectivity index is 0.000000677. The van der Waals surface area contributed by atoms with Crippen LogP contribution in [0.15, 0.2) is 55.8 Å². The van der Waals surface area contributed by atoms with Gasteiger partial charge in [0.1, 0.15) is 0 Å². The Morgan fingerprint density at radius 1 is 1.29 bits per heavy atom. The lowest BCUT2D eigenvalue weighted by atomic mass is 10.0. The minimum Gasteiger partial charge on any atom is -0.405 e. The number of rotatable bonds is 3. The zero-order valence-electron chi connectivity index (χ0n) is 12.0. The second-order valence-corrected chi connectivity index (χ2v) is 5.07. The lowest BCUT2D eigenvalue weighted by molar-refractivity contribution is 1.49. The summed E-state index contributed by atoms with van der Waals surface area (Å²) in [5, 5.41) is 0.539. The zero-order valence-corrected chi connectivity index (χ0v) is 12.9. The monoisotopic (exact) mass is 300 g/mol. The first-order valence-electron chi connectivity index (χ1n) is 6.31. The standard InChI is InChI=1S/C14H15N3S.C2H5N/c1-3-5-6-9(4-2)10-7-11(15)13-12(8-10)17-14(16)18-13;1-2-3/h3-8H,1,15H2,2H3,(H2,16,17);2H,1,3H2/b6-5-,9-4+;. The fourth-order valence-electron chi connectivity index (χ4n) is 1.77. The van der Waals surface area contributed by atoms with E-state index in [1.807, 2.05) is 37.3 Å². The Kier molecular flexibility index (Phi) is 6.23. The number of nitrogen functional groups attached to an aromatic ring is 2. The summed E-state index contributed by atoms with van der Waals surface area (Å²) in [6.45, 7) is 8.79. The maximum absolute atomic E-state index is 6.03. The van der Waals surface area contributed by atoms with Gasteiger partial charge in [-0.15, -0.1) is 0 Å². The third-order valence-corrected chi connectivity index (χ3v) is 3.54. The van der Waals surface area contributed by atoms with Crippen LogP contribution in [0.1, 0.15) is 12.5 Å². The number of hydrogen-bond donors (Lipinski definition) is 3. The Hall–Kier alpha value is -2.53. The SMILES string of the molecule is C=C/C=C\C(=C/C)c1cc(N)c2sc(N)nc2c1.C=CN. The van der Waals surface area contributed by atoms with Crippen molar-refractivity contribution < 1.29 is 0 Å². The van der Waals surface area contributed by atoms with Crippen molar-refractivity contribution >= 4 is 37.9 Å². The molecule has 4 nitrogen and oxygen atoms in total. The van der Waals surface area contributed by atoms with E-state index in [0.717, 1.165) is 21.4 Å². The first-order chi connectivity index (χ1) is 10.1. The van der Waals surface area contributed by atoms with E-state index in [1.165, 1.54) is 17.5 Å². The van der Waals surface area contributed by atoms with Crippen LogP contribution in [0.25, 0.3) is 15.8 Å². The Bertz CT molecular complexity index is 696. The van der Waals surface area contributed by atoms with Crippen molar-refractivity contribution in [3.63, 3.8) is 0 Å². The lowest BCUT2D eigenvalue weighted by Gasteiger charge is -2.04. The van der Waals surface area contributed by atoms with Crippen LogP contribution >= 0.6 is 11.3 Å². The third-order valence-electron chi connectivity index (χ3n) is 2.59. The van der Waals surface area contributed by atoms with E-state index in [9.17, 15) is 0 Å². The molecule has 0 radical (unpaired) electrons. The molecule has 0 spiro atoms.